The SMILES string of the molecule is C1=C(/C=C\c2ccccc2)[Si](c2ccccc2)(c2ccccc2)c2ccccc21. The monoisotopic (exact) mass is 386 g/mol. The zero-order valence-electron chi connectivity index (χ0n) is 16.2. The van der Waals surface area contributed by atoms with Crippen LogP contribution in [-0.4, -0.2) is 8.07 Å². The van der Waals surface area contributed by atoms with Gasteiger partial charge in [0.05, 0.1) is 0 Å². The van der Waals surface area contributed by atoms with Gasteiger partial charge in [-0.15, -0.1) is 0 Å². The van der Waals surface area contributed by atoms with E-state index in [4.69, 9.17) is 0 Å². The van der Waals surface area contributed by atoms with Gasteiger partial charge in [-0.3, -0.25) is 0 Å². The lowest BCUT2D eigenvalue weighted by Gasteiger charge is -2.32. The molecule has 4 aromatic rings. The van der Waals surface area contributed by atoms with E-state index in [0.29, 0.717) is 0 Å². The van der Waals surface area contributed by atoms with Crippen LogP contribution >= 0.6 is 0 Å². The van der Waals surface area contributed by atoms with Crippen molar-refractivity contribution in [3.8, 4) is 0 Å². The Morgan fingerprint density at radius 1 is 0.483 bits per heavy atom. The minimum absolute atomic E-state index is 1.23. The maximum Gasteiger partial charge on any atom is 0.180 e. The van der Waals surface area contributed by atoms with E-state index in [1.165, 1.54) is 31.9 Å². The van der Waals surface area contributed by atoms with Crippen molar-refractivity contribution in [2.75, 3.05) is 0 Å². The summed E-state index contributed by atoms with van der Waals surface area (Å²) in [4.78, 5) is 0. The zero-order chi connectivity index (χ0) is 19.5. The predicted octanol–water partition coefficient (Wildman–Crippen LogP) is 4.81. The molecule has 0 saturated heterocycles. The van der Waals surface area contributed by atoms with Crippen LogP contribution < -0.4 is 15.6 Å². The van der Waals surface area contributed by atoms with Crippen molar-refractivity contribution in [3.05, 3.63) is 138 Å². The normalized spacial score (nSPS) is 14.6. The van der Waals surface area contributed by atoms with Gasteiger partial charge in [-0.2, -0.15) is 0 Å². The molecule has 0 fully saturated rings. The first-order valence-corrected chi connectivity index (χ1v) is 12.0. The van der Waals surface area contributed by atoms with Crippen LogP contribution in [0.3, 0.4) is 0 Å². The molecule has 1 heterocycles. The third-order valence-corrected chi connectivity index (χ3v) is 10.6. The number of allylic oxidation sites excluding steroid dienone is 2. The molecule has 0 atom stereocenters. The van der Waals surface area contributed by atoms with Crippen molar-refractivity contribution in [1.29, 1.82) is 0 Å². The highest BCUT2D eigenvalue weighted by Crippen LogP contribution is 2.28. The lowest BCUT2D eigenvalue weighted by atomic mass is 10.2. The summed E-state index contributed by atoms with van der Waals surface area (Å²) in [6.07, 6.45) is 7.01. The molecule has 0 saturated carbocycles. The van der Waals surface area contributed by atoms with Crippen LogP contribution in [0.2, 0.25) is 0 Å². The van der Waals surface area contributed by atoms with Gasteiger partial charge in [0.15, 0.2) is 8.07 Å². The summed E-state index contributed by atoms with van der Waals surface area (Å²) in [5.41, 5.74) is 2.58. The molecule has 29 heavy (non-hydrogen) atoms. The molecule has 0 bridgehead atoms. The Balaban J connectivity index is 1.78. The van der Waals surface area contributed by atoms with Gasteiger partial charge < -0.3 is 0 Å². The van der Waals surface area contributed by atoms with Gasteiger partial charge in [-0.05, 0) is 31.9 Å². The Morgan fingerprint density at radius 3 is 1.62 bits per heavy atom. The Morgan fingerprint density at radius 2 is 1.00 bits per heavy atom. The summed E-state index contributed by atoms with van der Waals surface area (Å²) in [5.74, 6) is 0. The Kier molecular flexibility index (Phi) is 4.59. The van der Waals surface area contributed by atoms with E-state index in [1.54, 1.807) is 0 Å². The fourth-order valence-electron chi connectivity index (χ4n) is 4.51. The highest BCUT2D eigenvalue weighted by Gasteiger charge is 2.46. The number of benzene rings is 4. The summed E-state index contributed by atoms with van der Waals surface area (Å²) in [7, 11) is -2.31. The van der Waals surface area contributed by atoms with Crippen LogP contribution in [0.4, 0.5) is 0 Å². The molecule has 0 nitrogen and oxygen atoms in total. The van der Waals surface area contributed by atoms with E-state index in [1.807, 2.05) is 0 Å². The zero-order valence-corrected chi connectivity index (χ0v) is 17.2. The number of hydrogen-bond acceptors (Lipinski definition) is 0. The second-order valence-corrected chi connectivity index (χ2v) is 11.2. The maximum absolute atomic E-state index is 2.40. The van der Waals surface area contributed by atoms with Gasteiger partial charge >= 0.3 is 0 Å². The Bertz CT molecular complexity index is 1130. The van der Waals surface area contributed by atoms with Gasteiger partial charge in [-0.25, -0.2) is 0 Å². The molecule has 1 aliphatic heterocycles. The Labute approximate surface area is 173 Å². The van der Waals surface area contributed by atoms with Crippen molar-refractivity contribution in [2.45, 2.75) is 0 Å². The highest BCUT2D eigenvalue weighted by atomic mass is 28.3. The molecule has 5 rings (SSSR count). The van der Waals surface area contributed by atoms with Gasteiger partial charge in [0, 0.05) is 0 Å². The van der Waals surface area contributed by atoms with Crippen molar-refractivity contribution in [2.24, 2.45) is 0 Å². The first-order chi connectivity index (χ1) is 14.4. The molecular weight excluding hydrogens is 364 g/mol. The average molecular weight is 387 g/mol. The smallest absolute Gasteiger partial charge is 0.0623 e. The van der Waals surface area contributed by atoms with Gasteiger partial charge in [0.1, 0.15) is 0 Å². The van der Waals surface area contributed by atoms with Gasteiger partial charge in [0.2, 0.25) is 0 Å². The predicted molar refractivity (Wildman–Crippen MR) is 127 cm³/mol. The first-order valence-electron chi connectivity index (χ1n) is 10.0. The number of hydrogen-bond donors (Lipinski definition) is 0. The minimum Gasteiger partial charge on any atom is -0.0623 e. The second kappa shape index (κ2) is 7.54. The quantitative estimate of drug-likeness (QED) is 0.442. The lowest BCUT2D eigenvalue weighted by Crippen LogP contribution is -2.67. The molecule has 0 radical (unpaired) electrons. The highest BCUT2D eigenvalue weighted by molar-refractivity contribution is 7.18. The summed E-state index contributed by atoms with van der Waals surface area (Å²) in [5, 5.41) is 5.77. The van der Waals surface area contributed by atoms with Crippen molar-refractivity contribution < 1.29 is 0 Å². The van der Waals surface area contributed by atoms with Crippen LogP contribution in [0.5, 0.6) is 0 Å². The molecule has 0 aromatic heterocycles. The summed E-state index contributed by atoms with van der Waals surface area (Å²) in [6, 6.07) is 41.7. The molecule has 1 heteroatoms. The molecule has 1 aliphatic rings. The average Bonchev–Trinajstić information content (AvgIpc) is 3.14. The van der Waals surface area contributed by atoms with E-state index >= 15 is 0 Å². The Hall–Kier alpha value is -3.42. The molecule has 0 N–H and O–H groups in total. The number of rotatable bonds is 4. The summed E-state index contributed by atoms with van der Waals surface area (Å²) < 4.78 is 0. The molecule has 0 unspecified atom stereocenters. The summed E-state index contributed by atoms with van der Waals surface area (Å²) in [6.45, 7) is 0. The topological polar surface area (TPSA) is 0 Å². The van der Waals surface area contributed by atoms with E-state index in [2.05, 4.69) is 133 Å². The van der Waals surface area contributed by atoms with Crippen molar-refractivity contribution in [3.63, 3.8) is 0 Å². The molecular formula is C28H22Si. The van der Waals surface area contributed by atoms with Crippen LogP contribution in [0.25, 0.3) is 12.2 Å². The first kappa shape index (κ1) is 17.7. The van der Waals surface area contributed by atoms with E-state index in [0.717, 1.165) is 0 Å². The van der Waals surface area contributed by atoms with E-state index in [-0.39, 0.29) is 0 Å². The third-order valence-electron chi connectivity index (χ3n) is 5.78. The van der Waals surface area contributed by atoms with Crippen LogP contribution in [0.1, 0.15) is 11.1 Å². The second-order valence-electron chi connectivity index (χ2n) is 7.41. The minimum atomic E-state index is -2.31. The summed E-state index contributed by atoms with van der Waals surface area (Å²) >= 11 is 0. The molecule has 0 aliphatic carbocycles. The van der Waals surface area contributed by atoms with Crippen molar-refractivity contribution >= 4 is 35.8 Å². The van der Waals surface area contributed by atoms with Crippen LogP contribution in [0, 0.1) is 0 Å². The third kappa shape index (κ3) is 3.00. The van der Waals surface area contributed by atoms with E-state index in [9.17, 15) is 0 Å². The standard InChI is InChI=1S/C28H22Si/c1-4-12-23(13-5-1)20-21-27-22-24-14-10-11-19-28(24)29(27,25-15-6-2-7-16-25)26-17-8-3-9-18-26/h1-22H/b21-20-. The largest absolute Gasteiger partial charge is 0.180 e. The van der Waals surface area contributed by atoms with Gasteiger partial charge in [-0.1, -0.05) is 133 Å². The van der Waals surface area contributed by atoms with Crippen LogP contribution in [-0.2, 0) is 0 Å². The molecule has 0 amide bonds. The molecule has 138 valence electrons. The fourth-order valence-corrected chi connectivity index (χ4v) is 9.46. The fraction of sp³-hybridized carbons (Fsp3) is 0. The van der Waals surface area contributed by atoms with Crippen LogP contribution in [0.15, 0.2) is 127 Å². The maximum atomic E-state index is 2.40. The van der Waals surface area contributed by atoms with Crippen molar-refractivity contribution in [1.82, 2.24) is 0 Å². The van der Waals surface area contributed by atoms with E-state index < -0.39 is 8.07 Å². The lowest BCUT2D eigenvalue weighted by molar-refractivity contribution is 1.65. The van der Waals surface area contributed by atoms with Gasteiger partial charge in [0.25, 0.3) is 0 Å². The molecule has 4 aromatic carbocycles. The molecule has 0 spiro atoms. The number of fused-ring (bicyclic) bond motifs is 1.